The predicted molar refractivity (Wildman–Crippen MR) is 53.2 cm³/mol. The largest absolute Gasteiger partial charge is 0.481 e. The van der Waals surface area contributed by atoms with Gasteiger partial charge in [-0.1, -0.05) is 0 Å². The SMILES string of the molecule is O=C(O)Cc1ocnc1-c1ccc(F)cc1. The third-order valence-electron chi connectivity index (χ3n) is 2.07. The minimum absolute atomic E-state index is 0.243. The molecule has 0 aliphatic carbocycles. The van der Waals surface area contributed by atoms with E-state index in [0.717, 1.165) is 0 Å². The maximum absolute atomic E-state index is 12.7. The number of carboxylic acids is 1. The van der Waals surface area contributed by atoms with Crippen molar-refractivity contribution in [3.05, 3.63) is 42.2 Å². The van der Waals surface area contributed by atoms with Crippen LogP contribution in [0.1, 0.15) is 5.76 Å². The monoisotopic (exact) mass is 221 g/mol. The summed E-state index contributed by atoms with van der Waals surface area (Å²) < 4.78 is 17.7. The third-order valence-corrected chi connectivity index (χ3v) is 2.07. The molecular weight excluding hydrogens is 213 g/mol. The lowest BCUT2D eigenvalue weighted by atomic mass is 10.1. The van der Waals surface area contributed by atoms with E-state index in [1.54, 1.807) is 0 Å². The predicted octanol–water partition coefficient (Wildman–Crippen LogP) is 2.11. The molecule has 2 aromatic rings. The molecule has 1 aromatic carbocycles. The highest BCUT2D eigenvalue weighted by atomic mass is 19.1. The van der Waals surface area contributed by atoms with Gasteiger partial charge in [-0.15, -0.1) is 0 Å². The molecule has 0 fully saturated rings. The highest BCUT2D eigenvalue weighted by molar-refractivity contribution is 5.73. The van der Waals surface area contributed by atoms with Crippen molar-refractivity contribution in [3.63, 3.8) is 0 Å². The first-order valence-corrected chi connectivity index (χ1v) is 4.57. The molecule has 16 heavy (non-hydrogen) atoms. The number of aromatic nitrogens is 1. The van der Waals surface area contributed by atoms with Crippen molar-refractivity contribution in [3.8, 4) is 11.3 Å². The summed E-state index contributed by atoms with van der Waals surface area (Å²) >= 11 is 0. The number of carbonyl (C=O) groups is 1. The molecule has 4 nitrogen and oxygen atoms in total. The van der Waals surface area contributed by atoms with Crippen molar-refractivity contribution in [2.45, 2.75) is 6.42 Å². The number of aliphatic carboxylic acids is 1. The van der Waals surface area contributed by atoms with Gasteiger partial charge in [-0.2, -0.15) is 0 Å². The first-order valence-electron chi connectivity index (χ1n) is 4.57. The van der Waals surface area contributed by atoms with Gasteiger partial charge in [-0.25, -0.2) is 9.37 Å². The molecule has 0 amide bonds. The van der Waals surface area contributed by atoms with Crippen molar-refractivity contribution in [1.29, 1.82) is 0 Å². The number of hydrogen-bond acceptors (Lipinski definition) is 3. The summed E-state index contributed by atoms with van der Waals surface area (Å²) in [5.74, 6) is -1.09. The molecule has 0 atom stereocenters. The van der Waals surface area contributed by atoms with Crippen molar-refractivity contribution >= 4 is 5.97 Å². The van der Waals surface area contributed by atoms with Crippen molar-refractivity contribution in [2.24, 2.45) is 0 Å². The lowest BCUT2D eigenvalue weighted by Gasteiger charge is -1.98. The van der Waals surface area contributed by atoms with Crippen molar-refractivity contribution in [1.82, 2.24) is 4.98 Å². The number of halogens is 1. The maximum Gasteiger partial charge on any atom is 0.311 e. The zero-order chi connectivity index (χ0) is 11.5. The first kappa shape index (κ1) is 10.4. The zero-order valence-corrected chi connectivity index (χ0v) is 8.18. The Hall–Kier alpha value is -2.17. The van der Waals surface area contributed by atoms with Gasteiger partial charge in [-0.3, -0.25) is 4.79 Å². The van der Waals surface area contributed by atoms with Gasteiger partial charge >= 0.3 is 5.97 Å². The Kier molecular flexibility index (Phi) is 2.68. The first-order chi connectivity index (χ1) is 7.66. The second-order valence-corrected chi connectivity index (χ2v) is 3.20. The van der Waals surface area contributed by atoms with Crippen LogP contribution in [-0.4, -0.2) is 16.1 Å². The fraction of sp³-hybridized carbons (Fsp3) is 0.0909. The maximum atomic E-state index is 12.7. The van der Waals surface area contributed by atoms with Gasteiger partial charge < -0.3 is 9.52 Å². The Morgan fingerprint density at radius 1 is 1.38 bits per heavy atom. The Labute approximate surface area is 90.4 Å². The average molecular weight is 221 g/mol. The van der Waals surface area contributed by atoms with Gasteiger partial charge in [0.05, 0.1) is 0 Å². The minimum atomic E-state index is -1.000. The van der Waals surface area contributed by atoms with Gasteiger partial charge in [0.1, 0.15) is 23.7 Å². The molecule has 0 spiro atoms. The van der Waals surface area contributed by atoms with E-state index in [1.807, 2.05) is 0 Å². The van der Waals surface area contributed by atoms with Crippen LogP contribution in [0.2, 0.25) is 0 Å². The van der Waals surface area contributed by atoms with Crippen LogP contribution in [0.3, 0.4) is 0 Å². The van der Waals surface area contributed by atoms with Crippen LogP contribution in [0.4, 0.5) is 4.39 Å². The Morgan fingerprint density at radius 2 is 2.06 bits per heavy atom. The zero-order valence-electron chi connectivity index (χ0n) is 8.18. The van der Waals surface area contributed by atoms with Crippen LogP contribution in [-0.2, 0) is 11.2 Å². The smallest absolute Gasteiger partial charge is 0.311 e. The average Bonchev–Trinajstić information content (AvgIpc) is 2.66. The van der Waals surface area contributed by atoms with E-state index in [9.17, 15) is 9.18 Å². The summed E-state index contributed by atoms with van der Waals surface area (Å²) in [6, 6.07) is 5.63. The quantitative estimate of drug-likeness (QED) is 0.862. The molecule has 1 heterocycles. The summed E-state index contributed by atoms with van der Waals surface area (Å²) in [5.41, 5.74) is 1.06. The fourth-order valence-corrected chi connectivity index (χ4v) is 1.38. The number of benzene rings is 1. The molecule has 0 aliphatic rings. The summed E-state index contributed by atoms with van der Waals surface area (Å²) in [5, 5.41) is 8.65. The molecule has 0 saturated carbocycles. The highest BCUT2D eigenvalue weighted by Gasteiger charge is 2.13. The van der Waals surface area contributed by atoms with E-state index in [-0.39, 0.29) is 18.0 Å². The van der Waals surface area contributed by atoms with Gasteiger partial charge in [0.25, 0.3) is 0 Å². The molecule has 0 radical (unpaired) electrons. The standard InChI is InChI=1S/C11H8FNO3/c12-8-3-1-7(2-4-8)11-9(5-10(14)15)16-6-13-11/h1-4,6H,5H2,(H,14,15). The van der Waals surface area contributed by atoms with E-state index in [0.29, 0.717) is 11.3 Å². The molecule has 1 aromatic heterocycles. The van der Waals surface area contributed by atoms with Crippen LogP contribution in [0, 0.1) is 5.82 Å². The number of carboxylic acid groups (broad SMARTS) is 1. The molecule has 0 aliphatic heterocycles. The summed E-state index contributed by atoms with van der Waals surface area (Å²) in [4.78, 5) is 14.5. The molecule has 0 saturated heterocycles. The molecular formula is C11H8FNO3. The van der Waals surface area contributed by atoms with Crippen LogP contribution in [0.5, 0.6) is 0 Å². The summed E-state index contributed by atoms with van der Waals surface area (Å²) in [7, 11) is 0. The van der Waals surface area contributed by atoms with Gasteiger partial charge in [0.15, 0.2) is 6.39 Å². The lowest BCUT2D eigenvalue weighted by Crippen LogP contribution is -2.00. The molecule has 1 N–H and O–H groups in total. The Bertz CT molecular complexity index is 504. The molecule has 82 valence electrons. The van der Waals surface area contributed by atoms with Crippen molar-refractivity contribution in [2.75, 3.05) is 0 Å². The number of rotatable bonds is 3. The van der Waals surface area contributed by atoms with Gasteiger partial charge in [0, 0.05) is 5.56 Å². The van der Waals surface area contributed by atoms with Crippen LogP contribution in [0.15, 0.2) is 35.1 Å². The second kappa shape index (κ2) is 4.14. The van der Waals surface area contributed by atoms with Gasteiger partial charge in [-0.05, 0) is 24.3 Å². The molecule has 0 unspecified atom stereocenters. The summed E-state index contributed by atoms with van der Waals surface area (Å²) in [6.45, 7) is 0. The normalized spacial score (nSPS) is 10.3. The van der Waals surface area contributed by atoms with Crippen LogP contribution < -0.4 is 0 Å². The third kappa shape index (κ3) is 2.08. The van der Waals surface area contributed by atoms with Crippen LogP contribution in [0.25, 0.3) is 11.3 Å². The summed E-state index contributed by atoms with van der Waals surface area (Å²) in [6.07, 6.45) is 0.934. The topological polar surface area (TPSA) is 63.3 Å². The fourth-order valence-electron chi connectivity index (χ4n) is 1.38. The molecule has 2 rings (SSSR count). The Balaban J connectivity index is 2.36. The second-order valence-electron chi connectivity index (χ2n) is 3.20. The van der Waals surface area contributed by atoms with E-state index in [2.05, 4.69) is 4.98 Å². The number of nitrogens with zero attached hydrogens (tertiary/aromatic N) is 1. The van der Waals surface area contributed by atoms with E-state index in [4.69, 9.17) is 9.52 Å². The molecule has 5 heteroatoms. The molecule has 0 bridgehead atoms. The van der Waals surface area contributed by atoms with E-state index < -0.39 is 5.97 Å². The van der Waals surface area contributed by atoms with Crippen molar-refractivity contribution < 1.29 is 18.7 Å². The van der Waals surface area contributed by atoms with E-state index >= 15 is 0 Å². The van der Waals surface area contributed by atoms with E-state index in [1.165, 1.54) is 30.7 Å². The number of oxazole rings is 1. The van der Waals surface area contributed by atoms with Gasteiger partial charge in [0.2, 0.25) is 0 Å². The lowest BCUT2D eigenvalue weighted by molar-refractivity contribution is -0.136. The highest BCUT2D eigenvalue weighted by Crippen LogP contribution is 2.22. The minimum Gasteiger partial charge on any atom is -0.481 e. The Morgan fingerprint density at radius 3 is 2.69 bits per heavy atom. The number of hydrogen-bond donors (Lipinski definition) is 1. The van der Waals surface area contributed by atoms with Crippen LogP contribution >= 0.6 is 0 Å².